The Hall–Kier alpha value is -2.41. The van der Waals surface area contributed by atoms with Gasteiger partial charge in [-0.25, -0.2) is 0 Å². The van der Waals surface area contributed by atoms with Gasteiger partial charge in [0.05, 0.1) is 16.7 Å². The summed E-state index contributed by atoms with van der Waals surface area (Å²) in [5.41, 5.74) is 0.264. The molecule has 2 aromatic carbocycles. The van der Waals surface area contributed by atoms with E-state index in [-0.39, 0.29) is 17.1 Å². The van der Waals surface area contributed by atoms with Gasteiger partial charge < -0.3 is 10.4 Å². The Kier molecular flexibility index (Phi) is 3.99. The van der Waals surface area contributed by atoms with Crippen LogP contribution in [0.5, 0.6) is 5.75 Å². The molecule has 6 nitrogen and oxygen atoms in total. The molecule has 20 heavy (non-hydrogen) atoms. The number of phenolic OH excluding ortho intramolecular Hbond substituents is 1. The maximum Gasteiger partial charge on any atom is 0.273 e. The highest BCUT2D eigenvalue weighted by atomic mass is 79.9. The number of nitro benzene ring substituents is 1. The molecule has 0 aliphatic heterocycles. The summed E-state index contributed by atoms with van der Waals surface area (Å²) in [5.74, 6) is -0.780. The number of benzene rings is 2. The third kappa shape index (κ3) is 3.12. The summed E-state index contributed by atoms with van der Waals surface area (Å²) in [5, 5.41) is 22.7. The minimum absolute atomic E-state index is 0.112. The second-order valence-corrected chi connectivity index (χ2v) is 4.84. The van der Waals surface area contributed by atoms with E-state index in [1.807, 2.05) is 0 Å². The first kappa shape index (κ1) is 14.0. The molecule has 0 aromatic heterocycles. The molecular formula is C13H9BrN2O4. The molecule has 0 saturated carbocycles. The Morgan fingerprint density at radius 3 is 2.60 bits per heavy atom. The Morgan fingerprint density at radius 2 is 2.00 bits per heavy atom. The summed E-state index contributed by atoms with van der Waals surface area (Å²) in [7, 11) is 0. The molecule has 2 N–H and O–H groups in total. The van der Waals surface area contributed by atoms with Crippen molar-refractivity contribution in [2.75, 3.05) is 5.32 Å². The number of amides is 1. The smallest absolute Gasteiger partial charge is 0.273 e. The lowest BCUT2D eigenvalue weighted by molar-refractivity contribution is -0.384. The van der Waals surface area contributed by atoms with Crippen LogP contribution >= 0.6 is 15.9 Å². The first-order valence-corrected chi connectivity index (χ1v) is 6.31. The van der Waals surface area contributed by atoms with Gasteiger partial charge in [-0.05, 0) is 24.3 Å². The van der Waals surface area contributed by atoms with Crippen molar-refractivity contribution in [3.05, 3.63) is 62.6 Å². The van der Waals surface area contributed by atoms with E-state index in [0.717, 1.165) is 10.5 Å². The second kappa shape index (κ2) is 5.70. The van der Waals surface area contributed by atoms with E-state index < -0.39 is 10.8 Å². The van der Waals surface area contributed by atoms with E-state index in [0.29, 0.717) is 5.56 Å². The molecule has 0 saturated heterocycles. The molecular weight excluding hydrogens is 328 g/mol. The molecule has 0 aliphatic rings. The molecule has 102 valence electrons. The summed E-state index contributed by atoms with van der Waals surface area (Å²) < 4.78 is 0.748. The van der Waals surface area contributed by atoms with E-state index in [4.69, 9.17) is 0 Å². The third-order valence-corrected chi connectivity index (χ3v) is 3.02. The van der Waals surface area contributed by atoms with Crippen molar-refractivity contribution in [3.8, 4) is 5.75 Å². The molecule has 2 rings (SSSR count). The van der Waals surface area contributed by atoms with Gasteiger partial charge in [-0.1, -0.05) is 22.0 Å². The topological polar surface area (TPSA) is 92.5 Å². The average Bonchev–Trinajstić information content (AvgIpc) is 2.40. The molecule has 0 atom stereocenters. The Morgan fingerprint density at radius 1 is 1.25 bits per heavy atom. The zero-order valence-corrected chi connectivity index (χ0v) is 11.6. The zero-order chi connectivity index (χ0) is 14.7. The van der Waals surface area contributed by atoms with Crippen molar-refractivity contribution in [2.24, 2.45) is 0 Å². The summed E-state index contributed by atoms with van der Waals surface area (Å²) >= 11 is 3.25. The highest BCUT2D eigenvalue weighted by Gasteiger charge is 2.13. The molecule has 0 radical (unpaired) electrons. The zero-order valence-electron chi connectivity index (χ0n) is 10.0. The van der Waals surface area contributed by atoms with Gasteiger partial charge in [-0.2, -0.15) is 0 Å². The maximum atomic E-state index is 12.0. The lowest BCUT2D eigenvalue weighted by Gasteiger charge is -2.07. The van der Waals surface area contributed by atoms with Crippen molar-refractivity contribution in [3.63, 3.8) is 0 Å². The number of nitro groups is 1. The van der Waals surface area contributed by atoms with Crippen LogP contribution in [0.2, 0.25) is 0 Å². The quantitative estimate of drug-likeness (QED) is 0.510. The predicted molar refractivity (Wildman–Crippen MR) is 76.9 cm³/mol. The second-order valence-electron chi connectivity index (χ2n) is 3.92. The summed E-state index contributed by atoms with van der Waals surface area (Å²) in [6, 6.07) is 10.2. The van der Waals surface area contributed by atoms with E-state index in [2.05, 4.69) is 21.2 Å². The lowest BCUT2D eigenvalue weighted by atomic mass is 10.2. The fourth-order valence-corrected chi connectivity index (χ4v) is 1.96. The number of nitrogens with one attached hydrogen (secondary N) is 1. The summed E-state index contributed by atoms with van der Waals surface area (Å²) in [4.78, 5) is 21.9. The number of hydrogen-bond acceptors (Lipinski definition) is 4. The fourth-order valence-electron chi connectivity index (χ4n) is 1.56. The molecule has 1 amide bonds. The number of anilines is 1. The number of halogens is 1. The largest absolute Gasteiger partial charge is 0.506 e. The standard InChI is InChI=1S/C13H9BrN2O4/c14-9-3-1-2-8(6-9)13(18)15-11-5-4-10(16(19)20)7-12(11)17/h1-7,17H,(H,15,18). The van der Waals surface area contributed by atoms with Crippen LogP contribution in [0, 0.1) is 10.1 Å². The van der Waals surface area contributed by atoms with E-state index in [1.54, 1.807) is 24.3 Å². The van der Waals surface area contributed by atoms with Gasteiger partial charge in [0.2, 0.25) is 0 Å². The average molecular weight is 337 g/mol. The summed E-state index contributed by atoms with van der Waals surface area (Å²) in [6.45, 7) is 0. The van der Waals surface area contributed by atoms with Gasteiger partial charge in [-0.15, -0.1) is 0 Å². The Balaban J connectivity index is 2.22. The fraction of sp³-hybridized carbons (Fsp3) is 0. The number of non-ortho nitro benzene ring substituents is 1. The van der Waals surface area contributed by atoms with Gasteiger partial charge in [0.15, 0.2) is 0 Å². The third-order valence-electron chi connectivity index (χ3n) is 2.53. The van der Waals surface area contributed by atoms with Gasteiger partial charge in [0, 0.05) is 16.1 Å². The highest BCUT2D eigenvalue weighted by Crippen LogP contribution is 2.28. The van der Waals surface area contributed by atoms with E-state index >= 15 is 0 Å². The monoisotopic (exact) mass is 336 g/mol. The molecule has 0 fully saturated rings. The number of phenols is 1. The molecule has 2 aromatic rings. The van der Waals surface area contributed by atoms with Crippen LogP contribution in [-0.2, 0) is 0 Å². The molecule has 0 bridgehead atoms. The van der Waals surface area contributed by atoms with Crippen LogP contribution in [0.25, 0.3) is 0 Å². The van der Waals surface area contributed by atoms with Crippen molar-refractivity contribution in [1.82, 2.24) is 0 Å². The molecule has 0 aliphatic carbocycles. The van der Waals surface area contributed by atoms with E-state index in [9.17, 15) is 20.0 Å². The Bertz CT molecular complexity index is 688. The first-order valence-electron chi connectivity index (χ1n) is 5.51. The van der Waals surface area contributed by atoms with E-state index in [1.165, 1.54) is 12.1 Å². The van der Waals surface area contributed by atoms with Crippen LogP contribution < -0.4 is 5.32 Å². The van der Waals surface area contributed by atoms with Crippen LogP contribution in [0.1, 0.15) is 10.4 Å². The molecule has 0 unspecified atom stereocenters. The number of hydrogen-bond donors (Lipinski definition) is 2. The molecule has 0 heterocycles. The van der Waals surface area contributed by atoms with Crippen molar-refractivity contribution < 1.29 is 14.8 Å². The van der Waals surface area contributed by atoms with Gasteiger partial charge in [0.1, 0.15) is 5.75 Å². The normalized spacial score (nSPS) is 10.1. The number of rotatable bonds is 3. The van der Waals surface area contributed by atoms with Crippen LogP contribution in [0.4, 0.5) is 11.4 Å². The van der Waals surface area contributed by atoms with Crippen LogP contribution in [0.15, 0.2) is 46.9 Å². The maximum absolute atomic E-state index is 12.0. The van der Waals surface area contributed by atoms with Crippen LogP contribution in [0.3, 0.4) is 0 Å². The minimum atomic E-state index is -0.625. The summed E-state index contributed by atoms with van der Waals surface area (Å²) in [6.07, 6.45) is 0. The highest BCUT2D eigenvalue weighted by molar-refractivity contribution is 9.10. The number of carbonyl (C=O) groups is 1. The van der Waals surface area contributed by atoms with Crippen molar-refractivity contribution in [1.29, 1.82) is 0 Å². The molecule has 0 spiro atoms. The van der Waals surface area contributed by atoms with Gasteiger partial charge in [0.25, 0.3) is 11.6 Å². The lowest BCUT2D eigenvalue weighted by Crippen LogP contribution is -2.11. The number of aromatic hydroxyl groups is 1. The van der Waals surface area contributed by atoms with Gasteiger partial charge in [-0.3, -0.25) is 14.9 Å². The number of nitrogens with zero attached hydrogens (tertiary/aromatic N) is 1. The minimum Gasteiger partial charge on any atom is -0.506 e. The number of carbonyl (C=O) groups excluding carboxylic acids is 1. The predicted octanol–water partition coefficient (Wildman–Crippen LogP) is 3.32. The molecule has 7 heteroatoms. The van der Waals surface area contributed by atoms with Crippen molar-refractivity contribution >= 4 is 33.2 Å². The Labute approximate surface area is 122 Å². The van der Waals surface area contributed by atoms with Crippen molar-refractivity contribution in [2.45, 2.75) is 0 Å². The SMILES string of the molecule is O=C(Nc1ccc([N+](=O)[O-])cc1O)c1cccc(Br)c1. The van der Waals surface area contributed by atoms with Crippen LogP contribution in [-0.4, -0.2) is 15.9 Å². The van der Waals surface area contributed by atoms with Gasteiger partial charge >= 0.3 is 0 Å². The first-order chi connectivity index (χ1) is 9.47.